The predicted molar refractivity (Wildman–Crippen MR) is 147 cm³/mol. The van der Waals surface area contributed by atoms with Gasteiger partial charge in [0.1, 0.15) is 11.2 Å². The molecular weight excluding hydrogens is 496 g/mol. The Balaban J connectivity index is 1.42. The summed E-state index contributed by atoms with van der Waals surface area (Å²) in [6, 6.07) is 0. The SMILES string of the molecule is CC(=O)OC(C)(C)[C@H](C)C[C@H]1O[C@](C)(O)O[C@@]1(C)[C@H]1[C@@H](O)C[C@H]2[C@@H]3CC[C@H]4C[C@@H](O)CC[C@]4(C)[C@H]3CC[C@@]21C. The first-order valence-corrected chi connectivity index (χ1v) is 15.6. The minimum Gasteiger partial charge on any atom is -0.460 e. The standard InChI is InChI=1S/C32H54O7/c1-18(28(3,4)37-19(2)33)15-26-31(7,39-32(8,36)38-26)27-25(35)17-24-22-10-9-20-16-21(34)11-13-29(20,5)23(22)12-14-30(24,27)6/h18,20-27,34-36H,9-17H2,1-8H3/t18-,20+,21+,22-,23+,24+,25+,26-,27+,29+,30+,31-,32+/m1/s1. The molecule has 0 aromatic heterocycles. The Morgan fingerprint density at radius 3 is 2.33 bits per heavy atom. The lowest BCUT2D eigenvalue weighted by atomic mass is 9.44. The number of carbonyl (C=O) groups excluding carboxylic acids is 1. The van der Waals surface area contributed by atoms with E-state index >= 15 is 0 Å². The third-order valence-electron chi connectivity index (χ3n) is 12.9. The summed E-state index contributed by atoms with van der Waals surface area (Å²) in [5.74, 6) is -0.127. The van der Waals surface area contributed by atoms with Crippen molar-refractivity contribution < 1.29 is 34.3 Å². The van der Waals surface area contributed by atoms with Gasteiger partial charge in [-0.05, 0) is 119 Å². The van der Waals surface area contributed by atoms with E-state index in [1.54, 1.807) is 6.92 Å². The van der Waals surface area contributed by atoms with Gasteiger partial charge in [0.15, 0.2) is 0 Å². The van der Waals surface area contributed by atoms with Crippen molar-refractivity contribution in [2.24, 2.45) is 46.3 Å². The van der Waals surface area contributed by atoms with Crippen molar-refractivity contribution in [3.63, 3.8) is 0 Å². The van der Waals surface area contributed by atoms with Crippen molar-refractivity contribution in [1.29, 1.82) is 0 Å². The quantitative estimate of drug-likeness (QED) is 0.405. The number of aliphatic hydroxyl groups is 3. The van der Waals surface area contributed by atoms with Gasteiger partial charge in [0.05, 0.1) is 18.3 Å². The maximum atomic E-state index is 11.8. The molecule has 7 nitrogen and oxygen atoms in total. The van der Waals surface area contributed by atoms with Crippen LogP contribution in [0.5, 0.6) is 0 Å². The van der Waals surface area contributed by atoms with Crippen LogP contribution in [0.25, 0.3) is 0 Å². The molecule has 5 aliphatic rings. The first kappa shape index (κ1) is 29.8. The molecule has 224 valence electrons. The molecule has 0 aromatic rings. The largest absolute Gasteiger partial charge is 0.460 e. The van der Waals surface area contributed by atoms with E-state index in [1.807, 2.05) is 27.7 Å². The predicted octanol–water partition coefficient (Wildman–Crippen LogP) is 5.19. The van der Waals surface area contributed by atoms with E-state index in [0.717, 1.165) is 38.5 Å². The van der Waals surface area contributed by atoms with Crippen molar-refractivity contribution in [2.45, 2.75) is 149 Å². The number of esters is 1. The monoisotopic (exact) mass is 550 g/mol. The molecule has 13 atom stereocenters. The van der Waals surface area contributed by atoms with Gasteiger partial charge in [-0.15, -0.1) is 0 Å². The summed E-state index contributed by atoms with van der Waals surface area (Å²) < 4.78 is 18.2. The van der Waals surface area contributed by atoms with Crippen LogP contribution in [0.4, 0.5) is 0 Å². The molecule has 5 fully saturated rings. The topological polar surface area (TPSA) is 105 Å². The molecule has 5 rings (SSSR count). The van der Waals surface area contributed by atoms with Gasteiger partial charge < -0.3 is 29.5 Å². The molecule has 0 unspecified atom stereocenters. The highest BCUT2D eigenvalue weighted by atomic mass is 16.9. The van der Waals surface area contributed by atoms with E-state index in [1.165, 1.54) is 19.8 Å². The first-order chi connectivity index (χ1) is 17.9. The van der Waals surface area contributed by atoms with Gasteiger partial charge in [0, 0.05) is 19.8 Å². The summed E-state index contributed by atoms with van der Waals surface area (Å²) in [5, 5.41) is 33.2. The molecule has 1 saturated heterocycles. The summed E-state index contributed by atoms with van der Waals surface area (Å²) in [7, 11) is 0. The van der Waals surface area contributed by atoms with Crippen LogP contribution >= 0.6 is 0 Å². The Morgan fingerprint density at radius 1 is 1.00 bits per heavy atom. The minimum atomic E-state index is -1.75. The highest BCUT2D eigenvalue weighted by molar-refractivity contribution is 5.66. The summed E-state index contributed by atoms with van der Waals surface area (Å²) in [6.45, 7) is 15.7. The van der Waals surface area contributed by atoms with Gasteiger partial charge in [0.2, 0.25) is 0 Å². The Hall–Kier alpha value is -0.730. The molecule has 0 radical (unpaired) electrons. The van der Waals surface area contributed by atoms with Gasteiger partial charge in [-0.1, -0.05) is 20.8 Å². The van der Waals surface area contributed by atoms with Crippen LogP contribution < -0.4 is 0 Å². The van der Waals surface area contributed by atoms with Crippen LogP contribution in [-0.4, -0.2) is 56.8 Å². The lowest BCUT2D eigenvalue weighted by molar-refractivity contribution is -0.319. The lowest BCUT2D eigenvalue weighted by Crippen LogP contribution is -2.58. The fourth-order valence-electron chi connectivity index (χ4n) is 10.8. The number of aliphatic hydroxyl groups excluding tert-OH is 2. The molecule has 0 amide bonds. The fraction of sp³-hybridized carbons (Fsp3) is 0.969. The molecule has 7 heteroatoms. The van der Waals surface area contributed by atoms with Crippen LogP contribution in [0, 0.1) is 46.3 Å². The molecule has 1 aliphatic heterocycles. The molecule has 4 saturated carbocycles. The van der Waals surface area contributed by atoms with Crippen LogP contribution in [0.15, 0.2) is 0 Å². The van der Waals surface area contributed by atoms with Gasteiger partial charge in [-0.3, -0.25) is 4.79 Å². The highest BCUT2D eigenvalue weighted by Gasteiger charge is 2.69. The zero-order valence-electron chi connectivity index (χ0n) is 25.5. The van der Waals surface area contributed by atoms with Crippen molar-refractivity contribution in [2.75, 3.05) is 0 Å². The number of carbonyl (C=O) groups is 1. The van der Waals surface area contributed by atoms with Gasteiger partial charge in [0.25, 0.3) is 5.97 Å². The Bertz CT molecular complexity index is 949. The summed E-state index contributed by atoms with van der Waals surface area (Å²) in [6.07, 6.45) is 7.58. The molecule has 4 aliphatic carbocycles. The average molecular weight is 551 g/mol. The number of rotatable bonds is 5. The maximum absolute atomic E-state index is 11.8. The Labute approximate surface area is 235 Å². The van der Waals surface area contributed by atoms with E-state index in [0.29, 0.717) is 30.1 Å². The van der Waals surface area contributed by atoms with Gasteiger partial charge >= 0.3 is 5.97 Å². The molecule has 0 spiro atoms. The van der Waals surface area contributed by atoms with Crippen LogP contribution in [0.2, 0.25) is 0 Å². The summed E-state index contributed by atoms with van der Waals surface area (Å²) >= 11 is 0. The number of hydrogen-bond donors (Lipinski definition) is 3. The first-order valence-electron chi connectivity index (χ1n) is 15.6. The van der Waals surface area contributed by atoms with E-state index in [-0.39, 0.29) is 34.7 Å². The fourth-order valence-corrected chi connectivity index (χ4v) is 10.8. The second-order valence-corrected chi connectivity index (χ2v) is 15.5. The molecule has 1 heterocycles. The molecule has 0 bridgehead atoms. The van der Waals surface area contributed by atoms with E-state index in [4.69, 9.17) is 14.2 Å². The van der Waals surface area contributed by atoms with Crippen LogP contribution in [-0.2, 0) is 19.0 Å². The molecular formula is C32H54O7. The van der Waals surface area contributed by atoms with Crippen molar-refractivity contribution >= 4 is 5.97 Å². The summed E-state index contributed by atoms with van der Waals surface area (Å²) in [4.78, 5) is 11.8. The van der Waals surface area contributed by atoms with Crippen molar-refractivity contribution in [3.05, 3.63) is 0 Å². The zero-order valence-corrected chi connectivity index (χ0v) is 25.5. The number of fused-ring (bicyclic) bond motifs is 5. The normalized spacial score (nSPS) is 52.5. The summed E-state index contributed by atoms with van der Waals surface area (Å²) in [5.41, 5.74) is -1.46. The lowest BCUT2D eigenvalue weighted by Gasteiger charge is -2.61. The Morgan fingerprint density at radius 2 is 1.67 bits per heavy atom. The number of ether oxygens (including phenoxy) is 3. The van der Waals surface area contributed by atoms with Gasteiger partial charge in [-0.2, -0.15) is 0 Å². The van der Waals surface area contributed by atoms with Crippen molar-refractivity contribution in [3.8, 4) is 0 Å². The second-order valence-electron chi connectivity index (χ2n) is 15.5. The van der Waals surface area contributed by atoms with E-state index in [9.17, 15) is 20.1 Å². The van der Waals surface area contributed by atoms with E-state index < -0.39 is 29.4 Å². The smallest absolute Gasteiger partial charge is 0.303 e. The Kier molecular flexibility index (Phi) is 7.36. The number of hydrogen-bond acceptors (Lipinski definition) is 7. The van der Waals surface area contributed by atoms with E-state index in [2.05, 4.69) is 13.8 Å². The highest BCUT2D eigenvalue weighted by Crippen LogP contribution is 2.69. The molecule has 39 heavy (non-hydrogen) atoms. The zero-order chi connectivity index (χ0) is 28.8. The van der Waals surface area contributed by atoms with Crippen molar-refractivity contribution in [1.82, 2.24) is 0 Å². The van der Waals surface area contributed by atoms with Crippen LogP contribution in [0.1, 0.15) is 113 Å². The third-order valence-corrected chi connectivity index (χ3v) is 12.9. The minimum absolute atomic E-state index is 0.0574. The third kappa shape index (κ3) is 4.80. The maximum Gasteiger partial charge on any atom is 0.303 e. The second kappa shape index (κ2) is 9.65. The van der Waals surface area contributed by atoms with Gasteiger partial charge in [-0.25, -0.2) is 0 Å². The molecule has 3 N–H and O–H groups in total. The average Bonchev–Trinajstić information content (AvgIpc) is 3.20. The van der Waals surface area contributed by atoms with Crippen LogP contribution in [0.3, 0.4) is 0 Å². The molecule has 0 aromatic carbocycles.